The smallest absolute Gasteiger partial charge is 0.0758 e. The molecule has 0 saturated carbocycles. The predicted molar refractivity (Wildman–Crippen MR) is 82.1 cm³/mol. The Bertz CT molecular complexity index is 531. The van der Waals surface area contributed by atoms with E-state index in [0.717, 1.165) is 47.7 Å². The van der Waals surface area contributed by atoms with Gasteiger partial charge >= 0.3 is 0 Å². The highest BCUT2D eigenvalue weighted by molar-refractivity contribution is 9.10. The van der Waals surface area contributed by atoms with Gasteiger partial charge in [0.15, 0.2) is 0 Å². The van der Waals surface area contributed by atoms with Crippen molar-refractivity contribution >= 4 is 26.8 Å². The van der Waals surface area contributed by atoms with Gasteiger partial charge in [0.2, 0.25) is 0 Å². The van der Waals surface area contributed by atoms with Crippen LogP contribution in [0.1, 0.15) is 24.8 Å². The van der Waals surface area contributed by atoms with Crippen LogP contribution < -0.4 is 5.32 Å². The van der Waals surface area contributed by atoms with E-state index in [0.29, 0.717) is 6.61 Å². The first-order valence-corrected chi connectivity index (χ1v) is 7.46. The van der Waals surface area contributed by atoms with Gasteiger partial charge in [-0.05, 0) is 43.5 Å². The number of hydrogen-bond donors (Lipinski definition) is 2. The van der Waals surface area contributed by atoms with Gasteiger partial charge in [0.1, 0.15) is 0 Å². The molecule has 102 valence electrons. The fraction of sp³-hybridized carbons (Fsp3) is 0.400. The molecular weight excluding hydrogens is 304 g/mol. The molecule has 0 fully saturated rings. The first-order valence-electron chi connectivity index (χ1n) is 6.66. The van der Waals surface area contributed by atoms with Gasteiger partial charge in [0.05, 0.1) is 5.52 Å². The molecule has 0 atom stereocenters. The number of hydrogen-bond acceptors (Lipinski definition) is 3. The molecule has 2 N–H and O–H groups in total. The summed E-state index contributed by atoms with van der Waals surface area (Å²) in [4.78, 5) is 4.47. The molecule has 1 aromatic carbocycles. The highest BCUT2D eigenvalue weighted by Crippen LogP contribution is 2.25. The summed E-state index contributed by atoms with van der Waals surface area (Å²) in [5.74, 6) is 0. The maximum Gasteiger partial charge on any atom is 0.0758 e. The predicted octanol–water partition coefficient (Wildman–Crippen LogP) is 3.25. The SMILES string of the molecule is OCCCCCNCc1ccc(Br)c2cccnc12. The molecule has 0 radical (unpaired) electrons. The largest absolute Gasteiger partial charge is 0.396 e. The molecule has 1 aromatic heterocycles. The lowest BCUT2D eigenvalue weighted by atomic mass is 10.1. The highest BCUT2D eigenvalue weighted by Gasteiger charge is 2.04. The van der Waals surface area contributed by atoms with Crippen LogP contribution in [0, 0.1) is 0 Å². The van der Waals surface area contributed by atoms with Crippen molar-refractivity contribution in [2.75, 3.05) is 13.2 Å². The normalized spacial score (nSPS) is 11.1. The zero-order chi connectivity index (χ0) is 13.5. The summed E-state index contributed by atoms with van der Waals surface area (Å²) < 4.78 is 1.09. The second-order valence-electron chi connectivity index (χ2n) is 4.57. The third kappa shape index (κ3) is 4.00. The Kier molecular flexibility index (Phi) is 5.76. The number of aromatic nitrogens is 1. The molecule has 0 spiro atoms. The van der Waals surface area contributed by atoms with Crippen LogP contribution >= 0.6 is 15.9 Å². The van der Waals surface area contributed by atoms with Crippen molar-refractivity contribution in [2.24, 2.45) is 0 Å². The van der Waals surface area contributed by atoms with E-state index in [4.69, 9.17) is 5.11 Å². The third-order valence-electron chi connectivity index (χ3n) is 3.13. The second-order valence-corrected chi connectivity index (χ2v) is 5.42. The zero-order valence-corrected chi connectivity index (χ0v) is 12.5. The van der Waals surface area contributed by atoms with Gasteiger partial charge < -0.3 is 10.4 Å². The van der Waals surface area contributed by atoms with E-state index in [9.17, 15) is 0 Å². The van der Waals surface area contributed by atoms with Crippen LogP contribution in [0.5, 0.6) is 0 Å². The molecule has 2 aromatic rings. The molecule has 0 aliphatic heterocycles. The van der Waals surface area contributed by atoms with Crippen LogP contribution in [0.25, 0.3) is 10.9 Å². The van der Waals surface area contributed by atoms with E-state index in [1.807, 2.05) is 12.3 Å². The second kappa shape index (κ2) is 7.58. The highest BCUT2D eigenvalue weighted by atomic mass is 79.9. The van der Waals surface area contributed by atoms with Crippen molar-refractivity contribution in [3.63, 3.8) is 0 Å². The Morgan fingerprint density at radius 1 is 1.16 bits per heavy atom. The van der Waals surface area contributed by atoms with Crippen molar-refractivity contribution in [3.8, 4) is 0 Å². The molecule has 19 heavy (non-hydrogen) atoms. The maximum absolute atomic E-state index is 8.71. The minimum Gasteiger partial charge on any atom is -0.396 e. The number of benzene rings is 1. The summed E-state index contributed by atoms with van der Waals surface area (Å²) in [6, 6.07) is 8.23. The lowest BCUT2D eigenvalue weighted by molar-refractivity contribution is 0.283. The molecule has 0 bridgehead atoms. The average Bonchev–Trinajstić information content (AvgIpc) is 2.45. The summed E-state index contributed by atoms with van der Waals surface area (Å²) in [5, 5.41) is 13.3. The summed E-state index contributed by atoms with van der Waals surface area (Å²) in [7, 11) is 0. The number of nitrogens with zero attached hydrogens (tertiary/aromatic N) is 1. The number of halogens is 1. The van der Waals surface area contributed by atoms with Crippen LogP contribution in [-0.2, 0) is 6.54 Å². The average molecular weight is 323 g/mol. The quantitative estimate of drug-likeness (QED) is 0.769. The Morgan fingerprint density at radius 2 is 2.05 bits per heavy atom. The van der Waals surface area contributed by atoms with Gasteiger partial charge in [-0.25, -0.2) is 0 Å². The van der Waals surface area contributed by atoms with Crippen LogP contribution in [0.3, 0.4) is 0 Å². The van der Waals surface area contributed by atoms with Crippen molar-refractivity contribution in [1.82, 2.24) is 10.3 Å². The number of rotatable bonds is 7. The number of pyridine rings is 1. The van der Waals surface area contributed by atoms with Gasteiger partial charge in [-0.2, -0.15) is 0 Å². The van der Waals surface area contributed by atoms with Gasteiger partial charge in [-0.3, -0.25) is 4.98 Å². The van der Waals surface area contributed by atoms with Gasteiger partial charge in [0, 0.05) is 29.2 Å². The standard InChI is InChI=1S/C15H19BrN2O/c16-14-7-6-12(11-17-8-2-1-3-10-19)15-13(14)5-4-9-18-15/h4-7,9,17,19H,1-3,8,10-11H2. The molecule has 0 aliphatic rings. The summed E-state index contributed by atoms with van der Waals surface area (Å²) in [6.45, 7) is 2.10. The third-order valence-corrected chi connectivity index (χ3v) is 3.82. The molecule has 0 saturated heterocycles. The number of nitrogens with one attached hydrogen (secondary N) is 1. The Morgan fingerprint density at radius 3 is 2.89 bits per heavy atom. The Balaban J connectivity index is 1.96. The monoisotopic (exact) mass is 322 g/mol. The lowest BCUT2D eigenvalue weighted by Gasteiger charge is -2.08. The number of unbranched alkanes of at least 4 members (excludes halogenated alkanes) is 2. The van der Waals surface area contributed by atoms with E-state index in [1.165, 1.54) is 5.56 Å². The fourth-order valence-electron chi connectivity index (χ4n) is 2.10. The molecule has 0 aliphatic carbocycles. The molecule has 0 unspecified atom stereocenters. The summed E-state index contributed by atoms with van der Waals surface area (Å²) in [5.41, 5.74) is 2.28. The fourth-order valence-corrected chi connectivity index (χ4v) is 2.55. The molecule has 2 rings (SSSR count). The van der Waals surface area contributed by atoms with Crippen molar-refractivity contribution in [1.29, 1.82) is 0 Å². The molecule has 4 heteroatoms. The number of aliphatic hydroxyl groups excluding tert-OH is 1. The Labute approximate surface area is 122 Å². The lowest BCUT2D eigenvalue weighted by Crippen LogP contribution is -2.15. The minimum atomic E-state index is 0.293. The van der Waals surface area contributed by atoms with E-state index in [1.54, 1.807) is 0 Å². The van der Waals surface area contributed by atoms with Crippen molar-refractivity contribution in [3.05, 3.63) is 40.5 Å². The zero-order valence-electron chi connectivity index (χ0n) is 10.9. The van der Waals surface area contributed by atoms with Crippen molar-refractivity contribution < 1.29 is 5.11 Å². The van der Waals surface area contributed by atoms with E-state index < -0.39 is 0 Å². The van der Waals surface area contributed by atoms with Gasteiger partial charge in [-0.15, -0.1) is 0 Å². The van der Waals surface area contributed by atoms with E-state index in [-0.39, 0.29) is 0 Å². The van der Waals surface area contributed by atoms with Crippen molar-refractivity contribution in [2.45, 2.75) is 25.8 Å². The van der Waals surface area contributed by atoms with Crippen LogP contribution in [0.15, 0.2) is 34.9 Å². The van der Waals surface area contributed by atoms with E-state index >= 15 is 0 Å². The number of fused-ring (bicyclic) bond motifs is 1. The summed E-state index contributed by atoms with van der Waals surface area (Å²) in [6.07, 6.45) is 4.90. The van der Waals surface area contributed by atoms with Gasteiger partial charge in [0.25, 0.3) is 0 Å². The summed E-state index contributed by atoms with van der Waals surface area (Å²) >= 11 is 3.56. The molecule has 0 amide bonds. The van der Waals surface area contributed by atoms with Crippen LogP contribution in [0.2, 0.25) is 0 Å². The first-order chi connectivity index (χ1) is 9.33. The number of aliphatic hydroxyl groups is 1. The van der Waals surface area contributed by atoms with Crippen LogP contribution in [0.4, 0.5) is 0 Å². The molecule has 3 nitrogen and oxygen atoms in total. The van der Waals surface area contributed by atoms with Gasteiger partial charge in [-0.1, -0.05) is 28.1 Å². The first kappa shape index (κ1) is 14.4. The van der Waals surface area contributed by atoms with E-state index in [2.05, 4.69) is 44.4 Å². The Hall–Kier alpha value is -0.970. The molecular formula is C15H19BrN2O. The maximum atomic E-state index is 8.71. The minimum absolute atomic E-state index is 0.293. The molecule has 1 heterocycles. The van der Waals surface area contributed by atoms with Crippen LogP contribution in [-0.4, -0.2) is 23.2 Å². The topological polar surface area (TPSA) is 45.1 Å².